The Morgan fingerprint density at radius 1 is 1.33 bits per heavy atom. The number of carbonyl (C=O) groups is 1. The van der Waals surface area contributed by atoms with E-state index in [9.17, 15) is 9.90 Å². The van der Waals surface area contributed by atoms with Crippen LogP contribution in [0.5, 0.6) is 0 Å². The maximum atomic E-state index is 11.9. The van der Waals surface area contributed by atoms with Gasteiger partial charge in [0, 0.05) is 18.9 Å². The van der Waals surface area contributed by atoms with Crippen LogP contribution in [0.2, 0.25) is 0 Å². The van der Waals surface area contributed by atoms with Crippen LogP contribution < -0.4 is 0 Å². The first-order valence-electron chi connectivity index (χ1n) is 7.68. The molecule has 0 saturated heterocycles. The second-order valence-corrected chi connectivity index (χ2v) is 5.81. The van der Waals surface area contributed by atoms with Gasteiger partial charge in [-0.1, -0.05) is 44.9 Å². The number of aromatic nitrogens is 2. The van der Waals surface area contributed by atoms with Gasteiger partial charge in [0.05, 0.1) is 16.6 Å². The van der Waals surface area contributed by atoms with E-state index in [0.29, 0.717) is 19.3 Å². The Labute approximate surface area is 125 Å². The fourth-order valence-electron chi connectivity index (χ4n) is 2.98. The molecule has 0 aliphatic carbocycles. The van der Waals surface area contributed by atoms with Gasteiger partial charge in [0.1, 0.15) is 0 Å². The summed E-state index contributed by atoms with van der Waals surface area (Å²) in [6.45, 7) is 4.06. The minimum absolute atomic E-state index is 0.500. The van der Waals surface area contributed by atoms with Crippen molar-refractivity contribution in [2.45, 2.75) is 46.0 Å². The Hall–Kier alpha value is -1.84. The highest BCUT2D eigenvalue weighted by atomic mass is 16.4. The number of unbranched alkanes of at least 4 members (excludes halogenated alkanes) is 1. The molecule has 2 rings (SSSR count). The zero-order chi connectivity index (χ0) is 15.5. The molecule has 2 aromatic rings. The fraction of sp³-hybridized carbons (Fsp3) is 0.529. The molecule has 0 aliphatic heterocycles. The van der Waals surface area contributed by atoms with E-state index in [1.165, 1.54) is 0 Å². The van der Waals surface area contributed by atoms with E-state index >= 15 is 0 Å². The SMILES string of the molecule is CCCCC(CC)(Cc1nn(C)c2ccccc12)C(=O)O. The van der Waals surface area contributed by atoms with Crippen LogP contribution in [0, 0.1) is 5.41 Å². The summed E-state index contributed by atoms with van der Waals surface area (Å²) in [6.07, 6.45) is 3.79. The number of rotatable bonds is 7. The number of hydrogen-bond acceptors (Lipinski definition) is 2. The lowest BCUT2D eigenvalue weighted by Gasteiger charge is -2.27. The number of benzene rings is 1. The first kappa shape index (κ1) is 15.5. The van der Waals surface area contributed by atoms with Crippen LogP contribution in [0.15, 0.2) is 24.3 Å². The van der Waals surface area contributed by atoms with Crippen molar-refractivity contribution in [2.75, 3.05) is 0 Å². The molecule has 114 valence electrons. The standard InChI is InChI=1S/C17H24N2O2/c1-4-6-11-17(5-2,16(20)21)12-14-13-9-7-8-10-15(13)19(3)18-14/h7-10H,4-6,11-12H2,1-3H3,(H,20,21). The lowest BCUT2D eigenvalue weighted by atomic mass is 9.76. The molecule has 1 aromatic carbocycles. The van der Waals surface area contributed by atoms with Crippen LogP contribution >= 0.6 is 0 Å². The molecule has 1 unspecified atom stereocenters. The molecule has 0 radical (unpaired) electrons. The summed E-state index contributed by atoms with van der Waals surface area (Å²) in [7, 11) is 1.91. The fourth-order valence-corrected chi connectivity index (χ4v) is 2.98. The van der Waals surface area contributed by atoms with Crippen LogP contribution in [-0.4, -0.2) is 20.9 Å². The predicted octanol–water partition coefficient (Wildman–Crippen LogP) is 3.79. The van der Waals surface area contributed by atoms with Crippen LogP contribution in [-0.2, 0) is 18.3 Å². The third-order valence-corrected chi connectivity index (χ3v) is 4.48. The van der Waals surface area contributed by atoms with Gasteiger partial charge in [-0.2, -0.15) is 5.10 Å². The van der Waals surface area contributed by atoms with Gasteiger partial charge < -0.3 is 5.11 Å². The Morgan fingerprint density at radius 3 is 2.67 bits per heavy atom. The molecule has 4 nitrogen and oxygen atoms in total. The number of hydrogen-bond donors (Lipinski definition) is 1. The molecule has 1 aromatic heterocycles. The van der Waals surface area contributed by atoms with E-state index in [1.807, 2.05) is 42.9 Å². The summed E-state index contributed by atoms with van der Waals surface area (Å²) in [5.41, 5.74) is 1.25. The van der Waals surface area contributed by atoms with Crippen molar-refractivity contribution >= 4 is 16.9 Å². The number of fused-ring (bicyclic) bond motifs is 1. The Morgan fingerprint density at radius 2 is 2.05 bits per heavy atom. The maximum absolute atomic E-state index is 11.9. The molecular formula is C17H24N2O2. The third-order valence-electron chi connectivity index (χ3n) is 4.48. The minimum atomic E-state index is -0.701. The van der Waals surface area contributed by atoms with Crippen LogP contribution in [0.1, 0.15) is 45.2 Å². The van der Waals surface area contributed by atoms with E-state index in [-0.39, 0.29) is 0 Å². The normalized spacial score (nSPS) is 14.2. The zero-order valence-electron chi connectivity index (χ0n) is 13.1. The highest BCUT2D eigenvalue weighted by molar-refractivity contribution is 5.83. The van der Waals surface area contributed by atoms with Crippen molar-refractivity contribution in [3.63, 3.8) is 0 Å². The molecule has 1 N–H and O–H groups in total. The van der Waals surface area contributed by atoms with Gasteiger partial charge in [-0.3, -0.25) is 9.48 Å². The van der Waals surface area contributed by atoms with Crippen LogP contribution in [0.25, 0.3) is 10.9 Å². The van der Waals surface area contributed by atoms with Crippen molar-refractivity contribution in [3.05, 3.63) is 30.0 Å². The number of carboxylic acids is 1. The van der Waals surface area contributed by atoms with Crippen molar-refractivity contribution < 1.29 is 9.90 Å². The second-order valence-electron chi connectivity index (χ2n) is 5.81. The summed E-state index contributed by atoms with van der Waals surface area (Å²) in [4.78, 5) is 11.9. The van der Waals surface area contributed by atoms with Gasteiger partial charge in [-0.15, -0.1) is 0 Å². The van der Waals surface area contributed by atoms with Gasteiger partial charge in [0.2, 0.25) is 0 Å². The van der Waals surface area contributed by atoms with Gasteiger partial charge >= 0.3 is 5.97 Å². The summed E-state index contributed by atoms with van der Waals surface area (Å²) in [5, 5.41) is 15.4. The molecule has 4 heteroatoms. The number of aliphatic carboxylic acids is 1. The third kappa shape index (κ3) is 2.94. The minimum Gasteiger partial charge on any atom is -0.481 e. The van der Waals surface area contributed by atoms with Crippen molar-refractivity contribution in [3.8, 4) is 0 Å². The number of para-hydroxylation sites is 1. The van der Waals surface area contributed by atoms with Crippen LogP contribution in [0.3, 0.4) is 0 Å². The average Bonchev–Trinajstić information content (AvgIpc) is 2.80. The van der Waals surface area contributed by atoms with Crippen molar-refractivity contribution in [2.24, 2.45) is 12.5 Å². The zero-order valence-corrected chi connectivity index (χ0v) is 13.1. The molecular weight excluding hydrogens is 264 g/mol. The highest BCUT2D eigenvalue weighted by Crippen LogP contribution is 2.35. The van der Waals surface area contributed by atoms with Gasteiger partial charge in [0.25, 0.3) is 0 Å². The lowest BCUT2D eigenvalue weighted by Crippen LogP contribution is -2.33. The molecule has 0 amide bonds. The smallest absolute Gasteiger partial charge is 0.310 e. The number of nitrogens with zero attached hydrogens (tertiary/aromatic N) is 2. The average molecular weight is 288 g/mol. The van der Waals surface area contributed by atoms with Crippen LogP contribution in [0.4, 0.5) is 0 Å². The molecule has 1 atom stereocenters. The first-order valence-corrected chi connectivity index (χ1v) is 7.68. The van der Waals surface area contributed by atoms with E-state index in [1.54, 1.807) is 0 Å². The van der Waals surface area contributed by atoms with E-state index in [4.69, 9.17) is 0 Å². The first-order chi connectivity index (χ1) is 10.0. The number of carboxylic acid groups (broad SMARTS) is 1. The summed E-state index contributed by atoms with van der Waals surface area (Å²) in [6, 6.07) is 8.01. The quantitative estimate of drug-likeness (QED) is 0.843. The molecule has 0 spiro atoms. The van der Waals surface area contributed by atoms with Crippen molar-refractivity contribution in [1.82, 2.24) is 9.78 Å². The van der Waals surface area contributed by atoms with Crippen molar-refractivity contribution in [1.29, 1.82) is 0 Å². The monoisotopic (exact) mass is 288 g/mol. The second kappa shape index (κ2) is 6.29. The molecule has 0 saturated carbocycles. The van der Waals surface area contributed by atoms with Gasteiger partial charge in [0.15, 0.2) is 0 Å². The molecule has 1 heterocycles. The highest BCUT2D eigenvalue weighted by Gasteiger charge is 2.37. The Bertz CT molecular complexity index is 633. The maximum Gasteiger partial charge on any atom is 0.310 e. The molecule has 0 aliphatic rings. The van der Waals surface area contributed by atoms with E-state index in [2.05, 4.69) is 12.0 Å². The van der Waals surface area contributed by atoms with E-state index in [0.717, 1.165) is 29.4 Å². The van der Waals surface area contributed by atoms with Gasteiger partial charge in [-0.05, 0) is 18.9 Å². The largest absolute Gasteiger partial charge is 0.481 e. The Kier molecular flexibility index (Phi) is 4.66. The van der Waals surface area contributed by atoms with Gasteiger partial charge in [-0.25, -0.2) is 0 Å². The number of aryl methyl sites for hydroxylation is 1. The lowest BCUT2D eigenvalue weighted by molar-refractivity contribution is -0.149. The summed E-state index contributed by atoms with van der Waals surface area (Å²) < 4.78 is 1.84. The predicted molar refractivity (Wildman–Crippen MR) is 84.3 cm³/mol. The summed E-state index contributed by atoms with van der Waals surface area (Å²) >= 11 is 0. The summed E-state index contributed by atoms with van der Waals surface area (Å²) in [5.74, 6) is -0.701. The molecule has 21 heavy (non-hydrogen) atoms. The topological polar surface area (TPSA) is 55.1 Å². The molecule has 0 bridgehead atoms. The van der Waals surface area contributed by atoms with E-state index < -0.39 is 11.4 Å². The Balaban J connectivity index is 2.41. The molecule has 0 fully saturated rings.